The first-order chi connectivity index (χ1) is 9.63. The number of carbonyl (C=O) groups is 1. The molecule has 0 spiro atoms. The van der Waals surface area contributed by atoms with Crippen LogP contribution >= 0.6 is 15.9 Å². The van der Waals surface area contributed by atoms with E-state index in [1.54, 1.807) is 6.07 Å². The van der Waals surface area contributed by atoms with Crippen LogP contribution in [0, 0.1) is 0 Å². The second-order valence-electron chi connectivity index (χ2n) is 4.27. The van der Waals surface area contributed by atoms with Gasteiger partial charge in [0.1, 0.15) is 5.75 Å². The second kappa shape index (κ2) is 6.96. The molecule has 0 unspecified atom stereocenters. The predicted octanol–water partition coefficient (Wildman–Crippen LogP) is 2.93. The van der Waals surface area contributed by atoms with Crippen molar-refractivity contribution >= 4 is 27.5 Å². The van der Waals surface area contributed by atoms with Crippen LogP contribution in [0.5, 0.6) is 5.75 Å². The van der Waals surface area contributed by atoms with Crippen LogP contribution in [-0.2, 0) is 11.3 Å². The van der Waals surface area contributed by atoms with Crippen LogP contribution in [-0.4, -0.2) is 12.5 Å². The predicted molar refractivity (Wildman–Crippen MR) is 82.6 cm³/mol. The summed E-state index contributed by atoms with van der Waals surface area (Å²) in [5.41, 5.74) is 7.14. The minimum absolute atomic E-state index is 0.116. The number of amides is 1. The van der Waals surface area contributed by atoms with E-state index in [4.69, 9.17) is 10.5 Å². The van der Waals surface area contributed by atoms with E-state index in [2.05, 4.69) is 27.3 Å². The number of nitrogens with two attached hydrogens (primary N) is 1. The number of benzene rings is 2. The van der Waals surface area contributed by atoms with E-state index in [0.29, 0.717) is 12.3 Å². The molecule has 5 heteroatoms. The van der Waals surface area contributed by atoms with Crippen molar-refractivity contribution in [1.29, 1.82) is 0 Å². The van der Waals surface area contributed by atoms with Crippen LogP contribution in [0.25, 0.3) is 0 Å². The van der Waals surface area contributed by atoms with Crippen molar-refractivity contribution in [2.45, 2.75) is 6.54 Å². The number of rotatable bonds is 6. The quantitative estimate of drug-likeness (QED) is 0.853. The lowest BCUT2D eigenvalue weighted by molar-refractivity contribution is -0.119. The molecule has 0 aliphatic carbocycles. The molecule has 1 amide bonds. The highest BCUT2D eigenvalue weighted by molar-refractivity contribution is 9.10. The molecule has 0 radical (unpaired) electrons. The molecule has 0 bridgehead atoms. The Morgan fingerprint density at radius 1 is 1.20 bits per heavy atom. The Morgan fingerprint density at radius 3 is 2.75 bits per heavy atom. The van der Waals surface area contributed by atoms with Crippen molar-refractivity contribution in [3.05, 3.63) is 58.6 Å². The molecule has 3 N–H and O–H groups in total. The van der Waals surface area contributed by atoms with E-state index in [-0.39, 0.29) is 6.61 Å². The van der Waals surface area contributed by atoms with E-state index in [9.17, 15) is 4.79 Å². The number of carbonyl (C=O) groups excluding carboxylic acids is 1. The Labute approximate surface area is 126 Å². The second-order valence-corrected chi connectivity index (χ2v) is 5.18. The van der Waals surface area contributed by atoms with Gasteiger partial charge in [-0.1, -0.05) is 34.1 Å². The zero-order valence-corrected chi connectivity index (χ0v) is 12.4. The van der Waals surface area contributed by atoms with E-state index in [0.717, 1.165) is 10.2 Å². The van der Waals surface area contributed by atoms with Crippen LogP contribution in [0.4, 0.5) is 5.69 Å². The largest absolute Gasteiger partial charge is 0.484 e. The topological polar surface area (TPSA) is 64.4 Å². The highest BCUT2D eigenvalue weighted by Gasteiger charge is 2.00. The highest BCUT2D eigenvalue weighted by Crippen LogP contribution is 2.19. The van der Waals surface area contributed by atoms with Gasteiger partial charge in [0.15, 0.2) is 6.61 Å². The van der Waals surface area contributed by atoms with Gasteiger partial charge in [0, 0.05) is 22.8 Å². The molecular weight excluding hydrogens is 320 g/mol. The lowest BCUT2D eigenvalue weighted by Crippen LogP contribution is -2.20. The standard InChI is InChI=1S/C15H15BrN2O2/c16-12-4-1-3-11(7-12)9-18-13-5-2-6-14(8-13)20-10-15(17)19/h1-8,18H,9-10H2,(H2,17,19). The lowest BCUT2D eigenvalue weighted by Gasteiger charge is -2.09. The number of hydrogen-bond acceptors (Lipinski definition) is 3. The third kappa shape index (κ3) is 4.59. The molecule has 2 aromatic carbocycles. The zero-order valence-electron chi connectivity index (χ0n) is 10.8. The van der Waals surface area contributed by atoms with Crippen molar-refractivity contribution in [3.8, 4) is 5.75 Å². The van der Waals surface area contributed by atoms with Gasteiger partial charge in [0.2, 0.25) is 0 Å². The Hall–Kier alpha value is -2.01. The molecule has 2 aromatic rings. The molecule has 0 heterocycles. The maximum absolute atomic E-state index is 10.7. The Morgan fingerprint density at radius 2 is 2.00 bits per heavy atom. The molecule has 0 fully saturated rings. The normalized spacial score (nSPS) is 10.1. The number of hydrogen-bond donors (Lipinski definition) is 2. The summed E-state index contributed by atoms with van der Waals surface area (Å²) < 4.78 is 6.31. The molecule has 4 nitrogen and oxygen atoms in total. The van der Waals surface area contributed by atoms with Crippen LogP contribution in [0.3, 0.4) is 0 Å². The maximum atomic E-state index is 10.7. The summed E-state index contributed by atoms with van der Waals surface area (Å²) in [6, 6.07) is 15.5. The fourth-order valence-electron chi connectivity index (χ4n) is 1.70. The number of anilines is 1. The number of halogens is 1. The Bertz CT molecular complexity index is 602. The third-order valence-electron chi connectivity index (χ3n) is 2.60. The van der Waals surface area contributed by atoms with Crippen LogP contribution in [0.1, 0.15) is 5.56 Å². The smallest absolute Gasteiger partial charge is 0.255 e. The van der Waals surface area contributed by atoms with E-state index in [1.807, 2.05) is 36.4 Å². The fourth-order valence-corrected chi connectivity index (χ4v) is 2.15. The van der Waals surface area contributed by atoms with Crippen LogP contribution in [0.15, 0.2) is 53.0 Å². The SMILES string of the molecule is NC(=O)COc1cccc(NCc2cccc(Br)c2)c1. The van der Waals surface area contributed by atoms with E-state index >= 15 is 0 Å². The van der Waals surface area contributed by atoms with Gasteiger partial charge in [-0.05, 0) is 29.8 Å². The van der Waals surface area contributed by atoms with Gasteiger partial charge < -0.3 is 15.8 Å². The summed E-state index contributed by atoms with van der Waals surface area (Å²) >= 11 is 3.44. The molecule has 20 heavy (non-hydrogen) atoms. The van der Waals surface area contributed by atoms with Crippen LogP contribution in [0.2, 0.25) is 0 Å². The van der Waals surface area contributed by atoms with Crippen molar-refractivity contribution < 1.29 is 9.53 Å². The first-order valence-corrected chi connectivity index (χ1v) is 6.92. The molecule has 0 saturated carbocycles. The number of ether oxygens (including phenoxy) is 1. The molecule has 0 aliphatic heterocycles. The summed E-state index contributed by atoms with van der Waals surface area (Å²) in [5.74, 6) is 0.126. The van der Waals surface area contributed by atoms with Gasteiger partial charge in [-0.3, -0.25) is 4.79 Å². The third-order valence-corrected chi connectivity index (χ3v) is 3.09. The zero-order chi connectivity index (χ0) is 14.4. The molecule has 0 saturated heterocycles. The molecular formula is C15H15BrN2O2. The van der Waals surface area contributed by atoms with Crippen molar-refractivity contribution in [2.75, 3.05) is 11.9 Å². The van der Waals surface area contributed by atoms with Crippen LogP contribution < -0.4 is 15.8 Å². The summed E-state index contributed by atoms with van der Waals surface area (Å²) in [7, 11) is 0. The van der Waals surface area contributed by atoms with Crippen molar-refractivity contribution in [3.63, 3.8) is 0 Å². The van der Waals surface area contributed by atoms with Gasteiger partial charge in [-0.2, -0.15) is 0 Å². The van der Waals surface area contributed by atoms with Gasteiger partial charge in [-0.15, -0.1) is 0 Å². The maximum Gasteiger partial charge on any atom is 0.255 e. The van der Waals surface area contributed by atoms with Gasteiger partial charge in [-0.25, -0.2) is 0 Å². The minimum atomic E-state index is -0.488. The molecule has 0 aromatic heterocycles. The van der Waals surface area contributed by atoms with Gasteiger partial charge in [0.05, 0.1) is 0 Å². The average molecular weight is 335 g/mol. The molecule has 104 valence electrons. The minimum Gasteiger partial charge on any atom is -0.484 e. The summed E-state index contributed by atoms with van der Waals surface area (Å²) in [5, 5.41) is 3.30. The number of nitrogens with one attached hydrogen (secondary N) is 1. The molecule has 0 atom stereocenters. The first kappa shape index (κ1) is 14.4. The molecule has 0 aliphatic rings. The van der Waals surface area contributed by atoms with Crippen molar-refractivity contribution in [2.24, 2.45) is 5.73 Å². The summed E-state index contributed by atoms with van der Waals surface area (Å²) in [6.07, 6.45) is 0. The monoisotopic (exact) mass is 334 g/mol. The van der Waals surface area contributed by atoms with Gasteiger partial charge in [0.25, 0.3) is 5.91 Å². The highest BCUT2D eigenvalue weighted by atomic mass is 79.9. The fraction of sp³-hybridized carbons (Fsp3) is 0.133. The first-order valence-electron chi connectivity index (χ1n) is 6.13. The number of primary amides is 1. The lowest BCUT2D eigenvalue weighted by atomic mass is 10.2. The Balaban J connectivity index is 1.95. The van der Waals surface area contributed by atoms with Gasteiger partial charge >= 0.3 is 0 Å². The average Bonchev–Trinajstić information content (AvgIpc) is 2.43. The molecule has 2 rings (SSSR count). The van der Waals surface area contributed by atoms with E-state index in [1.165, 1.54) is 5.56 Å². The Kier molecular flexibility index (Phi) is 5.01. The van der Waals surface area contributed by atoms with E-state index < -0.39 is 5.91 Å². The summed E-state index contributed by atoms with van der Waals surface area (Å²) in [4.78, 5) is 10.7. The summed E-state index contributed by atoms with van der Waals surface area (Å²) in [6.45, 7) is 0.591. The van der Waals surface area contributed by atoms with Crippen molar-refractivity contribution in [1.82, 2.24) is 0 Å².